The van der Waals surface area contributed by atoms with Gasteiger partial charge in [0.1, 0.15) is 0 Å². The van der Waals surface area contributed by atoms with Crippen molar-refractivity contribution in [1.29, 1.82) is 0 Å². The smallest absolute Gasteiger partial charge is 0.274 e. The van der Waals surface area contributed by atoms with Crippen molar-refractivity contribution in [3.05, 3.63) is 80.6 Å². The monoisotopic (exact) mass is 398 g/mol. The molecule has 3 rings (SSSR count). The number of carbonyl (C=O) groups is 1. The summed E-state index contributed by atoms with van der Waals surface area (Å²) in [6, 6.07) is 11.8. The first-order valence-electron chi connectivity index (χ1n) is 8.68. The number of amides is 1. The predicted molar refractivity (Wildman–Crippen MR) is 108 cm³/mol. The third kappa shape index (κ3) is 3.75. The Morgan fingerprint density at radius 2 is 1.96 bits per heavy atom. The summed E-state index contributed by atoms with van der Waals surface area (Å²) < 4.78 is 1.69. The van der Waals surface area contributed by atoms with E-state index >= 15 is 0 Å². The molecule has 0 aliphatic heterocycles. The quantitative estimate of drug-likeness (QED) is 0.477. The molecular formula is C20H19ClN4O3. The van der Waals surface area contributed by atoms with Crippen LogP contribution in [0.3, 0.4) is 0 Å². The number of rotatable bonds is 5. The summed E-state index contributed by atoms with van der Waals surface area (Å²) in [5.74, 6) is -0.367. The maximum absolute atomic E-state index is 12.9. The number of nitro benzene ring substituents is 1. The molecule has 2 aromatic carbocycles. The Labute approximate surface area is 167 Å². The lowest BCUT2D eigenvalue weighted by Crippen LogP contribution is -2.16. The van der Waals surface area contributed by atoms with Crippen LogP contribution in [0, 0.1) is 17.0 Å². The molecule has 0 aliphatic carbocycles. The molecule has 0 atom stereocenters. The molecule has 1 N–H and O–H groups in total. The fourth-order valence-electron chi connectivity index (χ4n) is 3.05. The van der Waals surface area contributed by atoms with E-state index in [0.717, 1.165) is 11.4 Å². The van der Waals surface area contributed by atoms with Gasteiger partial charge in [0.05, 0.1) is 39.3 Å². The fourth-order valence-corrected chi connectivity index (χ4v) is 3.23. The number of nitrogens with one attached hydrogen (secondary N) is 1. The average Bonchev–Trinajstić information content (AvgIpc) is 3.08. The van der Waals surface area contributed by atoms with Gasteiger partial charge in [0, 0.05) is 11.1 Å². The lowest BCUT2D eigenvalue weighted by Gasteiger charge is -2.14. The molecule has 7 nitrogen and oxygen atoms in total. The zero-order valence-electron chi connectivity index (χ0n) is 15.6. The highest BCUT2D eigenvalue weighted by molar-refractivity contribution is 6.30. The van der Waals surface area contributed by atoms with Crippen molar-refractivity contribution in [2.24, 2.45) is 0 Å². The number of anilines is 1. The Morgan fingerprint density at radius 1 is 1.25 bits per heavy atom. The van der Waals surface area contributed by atoms with E-state index < -0.39 is 4.92 Å². The van der Waals surface area contributed by atoms with Crippen LogP contribution in [-0.4, -0.2) is 20.6 Å². The normalized spacial score (nSPS) is 10.9. The van der Waals surface area contributed by atoms with Crippen molar-refractivity contribution in [2.45, 2.75) is 26.7 Å². The van der Waals surface area contributed by atoms with Gasteiger partial charge in [-0.3, -0.25) is 14.9 Å². The van der Waals surface area contributed by atoms with E-state index in [4.69, 9.17) is 11.6 Å². The van der Waals surface area contributed by atoms with Gasteiger partial charge < -0.3 is 5.32 Å². The standard InChI is InChI=1S/C20H19ClN4O3/c1-12(2)19-16(11-22-24(19)15-7-4-6-14(21)10-15)20(26)23-17-8-5-9-18(13(17)3)25(27)28/h4-12H,1-3H3,(H,23,26). The second-order valence-corrected chi connectivity index (χ2v) is 7.09. The van der Waals surface area contributed by atoms with Crippen molar-refractivity contribution in [3.63, 3.8) is 0 Å². The van der Waals surface area contributed by atoms with Crippen LogP contribution in [0.4, 0.5) is 11.4 Å². The van der Waals surface area contributed by atoms with E-state index in [2.05, 4.69) is 10.4 Å². The number of halogens is 1. The topological polar surface area (TPSA) is 90.1 Å². The fraction of sp³-hybridized carbons (Fsp3) is 0.200. The van der Waals surface area contributed by atoms with Gasteiger partial charge in [-0.15, -0.1) is 0 Å². The van der Waals surface area contributed by atoms with Crippen molar-refractivity contribution in [1.82, 2.24) is 9.78 Å². The molecular weight excluding hydrogens is 380 g/mol. The minimum atomic E-state index is -0.471. The van der Waals surface area contributed by atoms with E-state index in [1.54, 1.807) is 35.9 Å². The molecule has 28 heavy (non-hydrogen) atoms. The van der Waals surface area contributed by atoms with E-state index in [-0.39, 0.29) is 17.5 Å². The minimum absolute atomic E-state index is 0.00781. The number of hydrogen-bond donors (Lipinski definition) is 1. The maximum Gasteiger partial charge on any atom is 0.274 e. The Balaban J connectivity index is 2.00. The Bertz CT molecular complexity index is 1060. The van der Waals surface area contributed by atoms with Crippen LogP contribution in [0.25, 0.3) is 5.69 Å². The van der Waals surface area contributed by atoms with E-state index in [9.17, 15) is 14.9 Å². The highest BCUT2D eigenvalue weighted by Gasteiger charge is 2.22. The predicted octanol–water partition coefficient (Wildman–Crippen LogP) is 5.12. The molecule has 3 aromatic rings. The largest absolute Gasteiger partial charge is 0.321 e. The number of nitrogens with zero attached hydrogens (tertiary/aromatic N) is 3. The summed E-state index contributed by atoms with van der Waals surface area (Å²) in [6.45, 7) is 5.54. The number of nitro groups is 1. The van der Waals surface area contributed by atoms with Crippen LogP contribution in [0.2, 0.25) is 5.02 Å². The molecule has 1 aromatic heterocycles. The van der Waals surface area contributed by atoms with Crippen LogP contribution < -0.4 is 5.32 Å². The highest BCUT2D eigenvalue weighted by Crippen LogP contribution is 2.28. The van der Waals surface area contributed by atoms with Crippen LogP contribution in [0.1, 0.15) is 41.4 Å². The number of aromatic nitrogens is 2. The Hall–Kier alpha value is -3.19. The molecule has 1 amide bonds. The molecule has 0 saturated carbocycles. The van der Waals surface area contributed by atoms with Gasteiger partial charge in [0.2, 0.25) is 0 Å². The van der Waals surface area contributed by atoms with E-state index in [1.165, 1.54) is 12.3 Å². The molecule has 8 heteroatoms. The Morgan fingerprint density at radius 3 is 2.61 bits per heavy atom. The third-order valence-electron chi connectivity index (χ3n) is 4.40. The second kappa shape index (κ2) is 7.82. The number of carbonyl (C=O) groups excluding carboxylic acids is 1. The summed E-state index contributed by atoms with van der Waals surface area (Å²) in [4.78, 5) is 23.6. The van der Waals surface area contributed by atoms with Crippen LogP contribution in [0.15, 0.2) is 48.7 Å². The van der Waals surface area contributed by atoms with Crippen molar-refractivity contribution in [3.8, 4) is 5.69 Å². The van der Waals surface area contributed by atoms with Gasteiger partial charge >= 0.3 is 0 Å². The first-order valence-corrected chi connectivity index (χ1v) is 9.06. The summed E-state index contributed by atoms with van der Waals surface area (Å²) in [5, 5.41) is 18.8. The molecule has 0 saturated heterocycles. The SMILES string of the molecule is Cc1c(NC(=O)c2cnn(-c3cccc(Cl)c3)c2C(C)C)cccc1[N+](=O)[O-]. The lowest BCUT2D eigenvalue weighted by atomic mass is 10.0. The first kappa shape index (κ1) is 19.6. The summed E-state index contributed by atoms with van der Waals surface area (Å²) in [5.41, 5.74) is 2.63. The third-order valence-corrected chi connectivity index (χ3v) is 4.64. The van der Waals surface area contributed by atoms with Crippen molar-refractivity contribution in [2.75, 3.05) is 5.32 Å². The van der Waals surface area contributed by atoms with Gasteiger partial charge in [0.25, 0.3) is 11.6 Å². The van der Waals surface area contributed by atoms with Crippen LogP contribution in [-0.2, 0) is 0 Å². The summed E-state index contributed by atoms with van der Waals surface area (Å²) in [6.07, 6.45) is 1.50. The second-order valence-electron chi connectivity index (χ2n) is 6.65. The van der Waals surface area contributed by atoms with Gasteiger partial charge in [0.15, 0.2) is 0 Å². The lowest BCUT2D eigenvalue weighted by molar-refractivity contribution is -0.385. The van der Waals surface area contributed by atoms with E-state index in [0.29, 0.717) is 21.8 Å². The molecule has 0 unspecified atom stereocenters. The summed E-state index contributed by atoms with van der Waals surface area (Å²) >= 11 is 6.09. The molecule has 1 heterocycles. The molecule has 0 radical (unpaired) electrons. The minimum Gasteiger partial charge on any atom is -0.321 e. The zero-order chi connectivity index (χ0) is 20.4. The van der Waals surface area contributed by atoms with Gasteiger partial charge in [-0.1, -0.05) is 37.6 Å². The molecule has 144 valence electrons. The van der Waals surface area contributed by atoms with Gasteiger partial charge in [-0.25, -0.2) is 4.68 Å². The first-order chi connectivity index (χ1) is 13.3. The zero-order valence-corrected chi connectivity index (χ0v) is 16.4. The van der Waals surface area contributed by atoms with Crippen LogP contribution in [0.5, 0.6) is 0 Å². The van der Waals surface area contributed by atoms with Crippen molar-refractivity contribution >= 4 is 28.9 Å². The number of hydrogen-bond acceptors (Lipinski definition) is 4. The van der Waals surface area contributed by atoms with Crippen molar-refractivity contribution < 1.29 is 9.72 Å². The van der Waals surface area contributed by atoms with Crippen LogP contribution >= 0.6 is 11.6 Å². The molecule has 0 bridgehead atoms. The summed E-state index contributed by atoms with van der Waals surface area (Å²) in [7, 11) is 0. The van der Waals surface area contributed by atoms with Gasteiger partial charge in [-0.05, 0) is 37.1 Å². The van der Waals surface area contributed by atoms with Gasteiger partial charge in [-0.2, -0.15) is 5.10 Å². The highest BCUT2D eigenvalue weighted by atomic mass is 35.5. The average molecular weight is 399 g/mol. The molecule has 0 spiro atoms. The van der Waals surface area contributed by atoms with E-state index in [1.807, 2.05) is 26.0 Å². The molecule has 0 fully saturated rings. The Kier molecular flexibility index (Phi) is 5.46. The molecule has 0 aliphatic rings. The number of benzene rings is 2. The maximum atomic E-state index is 12.9.